The molecule has 35 heavy (non-hydrogen) atoms. The summed E-state index contributed by atoms with van der Waals surface area (Å²) in [4.78, 5) is 25.5. The number of carbonyl (C=O) groups is 2. The van der Waals surface area contributed by atoms with Crippen molar-refractivity contribution in [1.29, 1.82) is 0 Å². The summed E-state index contributed by atoms with van der Waals surface area (Å²) < 4.78 is 6.57. The molecule has 4 aromatic rings. The minimum Gasteiger partial charge on any atom is -0.492 e. The molecule has 4 rings (SSSR count). The van der Waals surface area contributed by atoms with E-state index in [0.29, 0.717) is 33.6 Å². The largest absolute Gasteiger partial charge is 0.492 e. The molecule has 0 saturated carbocycles. The summed E-state index contributed by atoms with van der Waals surface area (Å²) in [6.07, 6.45) is 0.795. The lowest BCUT2D eigenvalue weighted by Crippen LogP contribution is -2.15. The van der Waals surface area contributed by atoms with Gasteiger partial charge in [-0.05, 0) is 82.5 Å². The van der Waals surface area contributed by atoms with Gasteiger partial charge in [0, 0.05) is 28.9 Å². The Bertz CT molecular complexity index is 1340. The topological polar surface area (TPSA) is 67.4 Å². The number of hydrogen-bond donors (Lipinski definition) is 2. The first-order valence-corrected chi connectivity index (χ1v) is 12.0. The second-order valence-electron chi connectivity index (χ2n) is 8.09. The fourth-order valence-electron chi connectivity index (χ4n) is 3.55. The van der Waals surface area contributed by atoms with Crippen LogP contribution in [0.4, 0.5) is 11.4 Å². The third-order valence-corrected chi connectivity index (χ3v) is 5.96. The Kier molecular flexibility index (Phi) is 7.95. The maximum Gasteiger partial charge on any atom is 0.255 e. The molecule has 0 aliphatic carbocycles. The lowest BCUT2D eigenvalue weighted by atomic mass is 10.1. The molecule has 176 valence electrons. The normalized spacial score (nSPS) is 10.5. The number of halogens is 1. The van der Waals surface area contributed by atoms with E-state index in [4.69, 9.17) is 4.74 Å². The Morgan fingerprint density at radius 2 is 1.40 bits per heavy atom. The van der Waals surface area contributed by atoms with Crippen LogP contribution in [0.3, 0.4) is 0 Å². The quantitative estimate of drug-likeness (QED) is 0.261. The van der Waals surface area contributed by atoms with Crippen LogP contribution in [-0.2, 0) is 6.42 Å². The van der Waals surface area contributed by atoms with Crippen LogP contribution < -0.4 is 15.4 Å². The molecule has 0 saturated heterocycles. The van der Waals surface area contributed by atoms with E-state index in [2.05, 4.69) is 38.7 Å². The average Bonchev–Trinajstić information content (AvgIpc) is 2.86. The molecule has 5 nitrogen and oxygen atoms in total. The van der Waals surface area contributed by atoms with Gasteiger partial charge in [0.15, 0.2) is 0 Å². The van der Waals surface area contributed by atoms with Crippen LogP contribution in [0.25, 0.3) is 0 Å². The van der Waals surface area contributed by atoms with E-state index in [1.807, 2.05) is 49.4 Å². The van der Waals surface area contributed by atoms with Crippen molar-refractivity contribution >= 4 is 39.1 Å². The second kappa shape index (κ2) is 11.5. The van der Waals surface area contributed by atoms with Crippen LogP contribution in [0.2, 0.25) is 0 Å². The van der Waals surface area contributed by atoms with Crippen molar-refractivity contribution in [2.45, 2.75) is 13.3 Å². The van der Waals surface area contributed by atoms with Crippen LogP contribution in [0.5, 0.6) is 5.75 Å². The summed E-state index contributed by atoms with van der Waals surface area (Å²) in [5.74, 6) is 0.150. The molecular formula is C29H25BrN2O3. The van der Waals surface area contributed by atoms with E-state index in [0.717, 1.165) is 17.7 Å². The van der Waals surface area contributed by atoms with Crippen molar-refractivity contribution in [2.75, 3.05) is 17.2 Å². The first-order valence-electron chi connectivity index (χ1n) is 11.2. The maximum absolute atomic E-state index is 12.8. The molecule has 0 heterocycles. The highest BCUT2D eigenvalue weighted by molar-refractivity contribution is 9.10. The van der Waals surface area contributed by atoms with Gasteiger partial charge in [0.25, 0.3) is 11.8 Å². The first kappa shape index (κ1) is 24.2. The van der Waals surface area contributed by atoms with Gasteiger partial charge in [0.05, 0.1) is 11.1 Å². The van der Waals surface area contributed by atoms with E-state index in [-0.39, 0.29) is 11.8 Å². The number of aryl methyl sites for hydroxylation is 1. The molecule has 2 amide bonds. The minimum atomic E-state index is -0.280. The van der Waals surface area contributed by atoms with E-state index in [9.17, 15) is 9.59 Å². The summed E-state index contributed by atoms with van der Waals surface area (Å²) in [5, 5.41) is 5.74. The number of benzene rings is 4. The smallest absolute Gasteiger partial charge is 0.255 e. The van der Waals surface area contributed by atoms with Gasteiger partial charge in [-0.1, -0.05) is 48.5 Å². The van der Waals surface area contributed by atoms with Crippen molar-refractivity contribution in [3.05, 3.63) is 124 Å². The molecule has 2 N–H and O–H groups in total. The molecule has 0 aromatic heterocycles. The Morgan fingerprint density at radius 3 is 2.09 bits per heavy atom. The first-order chi connectivity index (χ1) is 17.0. The summed E-state index contributed by atoms with van der Waals surface area (Å²) in [5.41, 5.74) is 4.44. The van der Waals surface area contributed by atoms with Crippen molar-refractivity contribution in [2.24, 2.45) is 0 Å². The fourth-order valence-corrected chi connectivity index (χ4v) is 4.04. The number of rotatable bonds is 8. The Labute approximate surface area is 213 Å². The third-order valence-electron chi connectivity index (χ3n) is 5.34. The van der Waals surface area contributed by atoms with Crippen LogP contribution in [0.15, 0.2) is 102 Å². The summed E-state index contributed by atoms with van der Waals surface area (Å²) in [7, 11) is 0. The predicted molar refractivity (Wildman–Crippen MR) is 143 cm³/mol. The van der Waals surface area contributed by atoms with Crippen molar-refractivity contribution in [3.8, 4) is 5.75 Å². The van der Waals surface area contributed by atoms with Crippen molar-refractivity contribution < 1.29 is 14.3 Å². The van der Waals surface area contributed by atoms with Crippen LogP contribution in [0.1, 0.15) is 31.8 Å². The Hall–Kier alpha value is -3.90. The van der Waals surface area contributed by atoms with Gasteiger partial charge >= 0.3 is 0 Å². The minimum absolute atomic E-state index is 0.244. The van der Waals surface area contributed by atoms with Gasteiger partial charge in [0.2, 0.25) is 0 Å². The number of hydrogen-bond acceptors (Lipinski definition) is 3. The zero-order chi connectivity index (χ0) is 24.6. The molecule has 4 aromatic carbocycles. The van der Waals surface area contributed by atoms with Gasteiger partial charge in [-0.25, -0.2) is 0 Å². The highest BCUT2D eigenvalue weighted by Crippen LogP contribution is 2.27. The van der Waals surface area contributed by atoms with Gasteiger partial charge in [-0.15, -0.1) is 0 Å². The monoisotopic (exact) mass is 528 g/mol. The molecule has 0 radical (unpaired) electrons. The summed E-state index contributed by atoms with van der Waals surface area (Å²) in [6.45, 7) is 2.50. The van der Waals surface area contributed by atoms with E-state index in [1.165, 1.54) is 5.56 Å². The lowest BCUT2D eigenvalue weighted by molar-refractivity contribution is 0.101. The molecule has 0 unspecified atom stereocenters. The molecule has 0 aliphatic heterocycles. The van der Waals surface area contributed by atoms with Crippen LogP contribution >= 0.6 is 15.9 Å². The summed E-state index contributed by atoms with van der Waals surface area (Å²) in [6, 6.07) is 29.8. The molecule has 0 spiro atoms. The zero-order valence-electron chi connectivity index (χ0n) is 19.3. The van der Waals surface area contributed by atoms with Crippen molar-refractivity contribution in [1.82, 2.24) is 0 Å². The highest BCUT2D eigenvalue weighted by atomic mass is 79.9. The van der Waals surface area contributed by atoms with Gasteiger partial charge < -0.3 is 15.4 Å². The maximum atomic E-state index is 12.8. The highest BCUT2D eigenvalue weighted by Gasteiger charge is 2.12. The molecule has 0 fully saturated rings. The van der Waals surface area contributed by atoms with Gasteiger partial charge in [-0.2, -0.15) is 0 Å². The van der Waals surface area contributed by atoms with E-state index < -0.39 is 0 Å². The number of amides is 2. The number of ether oxygens (including phenoxy) is 1. The molecule has 0 atom stereocenters. The number of nitrogens with one attached hydrogen (secondary N) is 2. The second-order valence-corrected chi connectivity index (χ2v) is 8.94. The van der Waals surface area contributed by atoms with Crippen LogP contribution in [0, 0.1) is 6.92 Å². The zero-order valence-corrected chi connectivity index (χ0v) is 20.8. The van der Waals surface area contributed by atoms with Crippen LogP contribution in [-0.4, -0.2) is 18.4 Å². The molecular weight excluding hydrogens is 504 g/mol. The molecule has 6 heteroatoms. The molecule has 0 bridgehead atoms. The number of anilines is 2. The standard InChI is InChI=1S/C29H25BrN2O3/c1-20-7-5-11-24(17-20)31-28(33)22-10-6-12-25(18-22)32-29(34)23-13-14-27(26(30)19-23)35-16-15-21-8-3-2-4-9-21/h2-14,17-19H,15-16H2,1H3,(H,31,33)(H,32,34). The molecule has 0 aliphatic rings. The SMILES string of the molecule is Cc1cccc(NC(=O)c2cccc(NC(=O)c3ccc(OCCc4ccccc4)c(Br)c3)c2)c1. The lowest BCUT2D eigenvalue weighted by Gasteiger charge is -2.11. The predicted octanol–water partition coefficient (Wildman–Crippen LogP) is 6.88. The van der Waals surface area contributed by atoms with Gasteiger partial charge in [0.1, 0.15) is 5.75 Å². The Morgan fingerprint density at radius 1 is 0.743 bits per heavy atom. The Balaban J connectivity index is 1.36. The number of carbonyl (C=O) groups excluding carboxylic acids is 2. The summed E-state index contributed by atoms with van der Waals surface area (Å²) >= 11 is 3.50. The third kappa shape index (κ3) is 6.80. The van der Waals surface area contributed by atoms with E-state index >= 15 is 0 Å². The fraction of sp³-hybridized carbons (Fsp3) is 0.103. The average molecular weight is 529 g/mol. The van der Waals surface area contributed by atoms with Gasteiger partial charge in [-0.3, -0.25) is 9.59 Å². The van der Waals surface area contributed by atoms with E-state index in [1.54, 1.807) is 42.5 Å². The van der Waals surface area contributed by atoms with Crippen molar-refractivity contribution in [3.63, 3.8) is 0 Å².